The summed E-state index contributed by atoms with van der Waals surface area (Å²) in [5.41, 5.74) is 6.49. The van der Waals surface area contributed by atoms with Crippen molar-refractivity contribution in [3.05, 3.63) is 34.3 Å². The van der Waals surface area contributed by atoms with Gasteiger partial charge in [0, 0.05) is 24.1 Å². The molecule has 1 aromatic carbocycles. The van der Waals surface area contributed by atoms with Gasteiger partial charge in [0.15, 0.2) is 0 Å². The van der Waals surface area contributed by atoms with Crippen molar-refractivity contribution in [3.63, 3.8) is 0 Å². The van der Waals surface area contributed by atoms with Crippen molar-refractivity contribution in [2.24, 2.45) is 5.73 Å². The van der Waals surface area contributed by atoms with Gasteiger partial charge >= 0.3 is 12.1 Å². The first kappa shape index (κ1) is 17.5. The molecule has 6 nitrogen and oxygen atoms in total. The molecule has 0 saturated carbocycles. The Morgan fingerprint density at radius 3 is 2.81 bits per heavy atom. The first-order valence-corrected chi connectivity index (χ1v) is 7.54. The number of carbonyl (C=O) groups is 2. The van der Waals surface area contributed by atoms with Crippen LogP contribution in [0.3, 0.4) is 0 Å². The molecule has 1 aromatic rings. The summed E-state index contributed by atoms with van der Waals surface area (Å²) in [6, 6.07) is 7.33. The minimum Gasteiger partial charge on any atom is -0.449 e. The second-order valence-electron chi connectivity index (χ2n) is 4.25. The van der Waals surface area contributed by atoms with E-state index in [9.17, 15) is 9.59 Å². The Kier molecular flexibility index (Phi) is 7.78. The Hall–Kier alpha value is -1.60. The van der Waals surface area contributed by atoms with Crippen LogP contribution in [0, 0.1) is 0 Å². The smallest absolute Gasteiger partial charge is 0.418 e. The lowest BCUT2D eigenvalue weighted by Crippen LogP contribution is -2.46. The number of urea groups is 1. The lowest BCUT2D eigenvalue weighted by atomic mass is 10.1. The van der Waals surface area contributed by atoms with E-state index in [0.717, 1.165) is 14.9 Å². The average Bonchev–Trinajstić information content (AvgIpc) is 2.45. The molecule has 0 fully saturated rings. The summed E-state index contributed by atoms with van der Waals surface area (Å²) in [5.74, 6) is 0. The van der Waals surface area contributed by atoms with Crippen molar-refractivity contribution < 1.29 is 14.3 Å². The SMILES string of the molecule is CCOC(=O)N(CCN)C(=O)NCCc1cccc(Br)c1. The molecule has 0 aliphatic heterocycles. The predicted octanol–water partition coefficient (Wildman–Crippen LogP) is 2.12. The molecule has 1 rings (SSSR count). The van der Waals surface area contributed by atoms with Gasteiger partial charge in [-0.15, -0.1) is 0 Å². The molecule has 0 heterocycles. The van der Waals surface area contributed by atoms with Crippen molar-refractivity contribution in [2.45, 2.75) is 13.3 Å². The fraction of sp³-hybridized carbons (Fsp3) is 0.429. The normalized spacial score (nSPS) is 10.0. The van der Waals surface area contributed by atoms with Crippen LogP contribution in [0.15, 0.2) is 28.7 Å². The zero-order valence-electron chi connectivity index (χ0n) is 12.0. The molecule has 0 bridgehead atoms. The van der Waals surface area contributed by atoms with Crippen LogP contribution < -0.4 is 11.1 Å². The maximum atomic E-state index is 12.0. The molecule has 3 amide bonds. The van der Waals surface area contributed by atoms with Crippen molar-refractivity contribution in [3.8, 4) is 0 Å². The first-order chi connectivity index (χ1) is 10.1. The summed E-state index contributed by atoms with van der Waals surface area (Å²) in [6.07, 6.45) is -0.00676. The molecule has 0 atom stereocenters. The molecule has 0 radical (unpaired) electrons. The molecule has 116 valence electrons. The van der Waals surface area contributed by atoms with Gasteiger partial charge in [0.25, 0.3) is 0 Å². The Labute approximate surface area is 132 Å². The van der Waals surface area contributed by atoms with Crippen LogP contribution in [-0.2, 0) is 11.2 Å². The third-order valence-corrected chi connectivity index (χ3v) is 3.16. The molecule has 7 heteroatoms. The van der Waals surface area contributed by atoms with E-state index in [-0.39, 0.29) is 19.7 Å². The number of rotatable bonds is 6. The molecule has 0 saturated heterocycles. The monoisotopic (exact) mass is 357 g/mol. The highest BCUT2D eigenvalue weighted by Crippen LogP contribution is 2.11. The van der Waals surface area contributed by atoms with Crippen molar-refractivity contribution in [2.75, 3.05) is 26.2 Å². The zero-order chi connectivity index (χ0) is 15.7. The predicted molar refractivity (Wildman–Crippen MR) is 84.0 cm³/mol. The van der Waals surface area contributed by atoms with E-state index >= 15 is 0 Å². The van der Waals surface area contributed by atoms with Gasteiger partial charge in [-0.05, 0) is 31.0 Å². The van der Waals surface area contributed by atoms with Crippen LogP contribution in [0.4, 0.5) is 9.59 Å². The highest BCUT2D eigenvalue weighted by atomic mass is 79.9. The van der Waals surface area contributed by atoms with Gasteiger partial charge in [-0.1, -0.05) is 28.1 Å². The summed E-state index contributed by atoms with van der Waals surface area (Å²) in [5, 5.41) is 2.69. The van der Waals surface area contributed by atoms with E-state index in [1.54, 1.807) is 6.92 Å². The number of nitrogens with two attached hydrogens (primary N) is 1. The van der Waals surface area contributed by atoms with E-state index in [1.165, 1.54) is 0 Å². The molecule has 21 heavy (non-hydrogen) atoms. The number of benzene rings is 1. The van der Waals surface area contributed by atoms with Gasteiger partial charge in [0.2, 0.25) is 0 Å². The van der Waals surface area contributed by atoms with Crippen molar-refractivity contribution >= 4 is 28.1 Å². The fourth-order valence-electron chi connectivity index (χ4n) is 1.71. The van der Waals surface area contributed by atoms with Gasteiger partial charge in [0.05, 0.1) is 6.61 Å². The quantitative estimate of drug-likeness (QED) is 0.816. The molecule has 0 unspecified atom stereocenters. The number of nitrogens with zero attached hydrogens (tertiary/aromatic N) is 1. The van der Waals surface area contributed by atoms with Crippen LogP contribution in [0.25, 0.3) is 0 Å². The summed E-state index contributed by atoms with van der Waals surface area (Å²) in [4.78, 5) is 24.6. The van der Waals surface area contributed by atoms with E-state index in [0.29, 0.717) is 13.0 Å². The molecular formula is C14H20BrN3O3. The minimum absolute atomic E-state index is 0.127. The first-order valence-electron chi connectivity index (χ1n) is 6.75. The Balaban J connectivity index is 2.48. The number of carbonyl (C=O) groups excluding carboxylic acids is 2. The minimum atomic E-state index is -0.678. The van der Waals surface area contributed by atoms with Gasteiger partial charge in [-0.2, -0.15) is 0 Å². The highest BCUT2D eigenvalue weighted by molar-refractivity contribution is 9.10. The zero-order valence-corrected chi connectivity index (χ0v) is 13.6. The number of nitrogens with one attached hydrogen (secondary N) is 1. The van der Waals surface area contributed by atoms with Crippen molar-refractivity contribution in [1.29, 1.82) is 0 Å². The Morgan fingerprint density at radius 2 is 2.19 bits per heavy atom. The number of halogens is 1. The molecule has 0 spiro atoms. The molecule has 0 aliphatic carbocycles. The summed E-state index contributed by atoms with van der Waals surface area (Å²) < 4.78 is 5.81. The van der Waals surface area contributed by atoms with E-state index in [1.807, 2.05) is 24.3 Å². The topological polar surface area (TPSA) is 84.7 Å². The highest BCUT2D eigenvalue weighted by Gasteiger charge is 2.21. The van der Waals surface area contributed by atoms with Crippen LogP contribution in [0.2, 0.25) is 0 Å². The lowest BCUT2D eigenvalue weighted by Gasteiger charge is -2.19. The van der Waals surface area contributed by atoms with E-state index in [2.05, 4.69) is 21.2 Å². The number of hydrogen-bond donors (Lipinski definition) is 2. The number of amides is 3. The van der Waals surface area contributed by atoms with Gasteiger partial charge < -0.3 is 15.8 Å². The fourth-order valence-corrected chi connectivity index (χ4v) is 2.15. The maximum Gasteiger partial charge on any atom is 0.418 e. The summed E-state index contributed by atoms with van der Waals surface area (Å²) >= 11 is 3.39. The van der Waals surface area contributed by atoms with Gasteiger partial charge in [0.1, 0.15) is 0 Å². The van der Waals surface area contributed by atoms with Gasteiger partial charge in [-0.25, -0.2) is 14.5 Å². The van der Waals surface area contributed by atoms with E-state index in [4.69, 9.17) is 10.5 Å². The maximum absolute atomic E-state index is 12.0. The number of imide groups is 1. The van der Waals surface area contributed by atoms with Crippen LogP contribution in [-0.4, -0.2) is 43.3 Å². The van der Waals surface area contributed by atoms with Crippen LogP contribution in [0.5, 0.6) is 0 Å². The lowest BCUT2D eigenvalue weighted by molar-refractivity contribution is 0.115. The Morgan fingerprint density at radius 1 is 1.43 bits per heavy atom. The second kappa shape index (κ2) is 9.36. The molecule has 0 aromatic heterocycles. The second-order valence-corrected chi connectivity index (χ2v) is 5.17. The van der Waals surface area contributed by atoms with Crippen molar-refractivity contribution in [1.82, 2.24) is 10.2 Å². The largest absolute Gasteiger partial charge is 0.449 e. The Bertz CT molecular complexity index is 482. The summed E-state index contributed by atoms with van der Waals surface area (Å²) in [6.45, 7) is 2.64. The van der Waals surface area contributed by atoms with Crippen LogP contribution in [0.1, 0.15) is 12.5 Å². The van der Waals surface area contributed by atoms with Crippen LogP contribution >= 0.6 is 15.9 Å². The number of ether oxygens (including phenoxy) is 1. The summed E-state index contributed by atoms with van der Waals surface area (Å²) in [7, 11) is 0. The van der Waals surface area contributed by atoms with Gasteiger partial charge in [-0.3, -0.25) is 0 Å². The average molecular weight is 358 g/mol. The molecule has 0 aliphatic rings. The third kappa shape index (κ3) is 6.14. The van der Waals surface area contributed by atoms with E-state index < -0.39 is 12.1 Å². The number of hydrogen-bond acceptors (Lipinski definition) is 4. The molecular weight excluding hydrogens is 338 g/mol. The third-order valence-electron chi connectivity index (χ3n) is 2.66. The standard InChI is InChI=1S/C14H20BrN3O3/c1-2-21-14(20)18(9-7-16)13(19)17-8-6-11-4-3-5-12(15)10-11/h3-5,10H,2,6-9,16H2,1H3,(H,17,19). The molecule has 3 N–H and O–H groups in total.